The summed E-state index contributed by atoms with van der Waals surface area (Å²) in [5.74, 6) is 1.10. The number of nitrogens with one attached hydrogen (secondary N) is 2. The van der Waals surface area contributed by atoms with E-state index >= 15 is 0 Å². The van der Waals surface area contributed by atoms with Gasteiger partial charge in [0.2, 0.25) is 0 Å². The zero-order chi connectivity index (χ0) is 16.8. The van der Waals surface area contributed by atoms with Crippen LogP contribution in [0.5, 0.6) is 11.5 Å². The van der Waals surface area contributed by atoms with Crippen molar-refractivity contribution < 1.29 is 19.1 Å². The Hall–Kier alpha value is -3.02. The van der Waals surface area contributed by atoms with E-state index < -0.39 is 6.03 Å². The Morgan fingerprint density at radius 3 is 2.17 bits per heavy atom. The largest absolute Gasteiger partial charge is 0.497 e. The van der Waals surface area contributed by atoms with Gasteiger partial charge in [-0.05, 0) is 43.3 Å². The SMILES string of the molecule is COc1ccc(NC(=O)Nc2ccc(C(C)=O)cc2)c(OC)c1. The van der Waals surface area contributed by atoms with Gasteiger partial charge in [-0.1, -0.05) is 0 Å². The summed E-state index contributed by atoms with van der Waals surface area (Å²) < 4.78 is 10.3. The number of ether oxygens (including phenoxy) is 2. The van der Waals surface area contributed by atoms with E-state index in [0.29, 0.717) is 28.4 Å². The average Bonchev–Trinajstić information content (AvgIpc) is 2.55. The summed E-state index contributed by atoms with van der Waals surface area (Å²) in [5.41, 5.74) is 1.69. The van der Waals surface area contributed by atoms with Crippen molar-refractivity contribution in [3.8, 4) is 11.5 Å². The molecule has 0 spiro atoms. The average molecular weight is 314 g/mol. The van der Waals surface area contributed by atoms with Gasteiger partial charge in [0.15, 0.2) is 5.78 Å². The van der Waals surface area contributed by atoms with Crippen molar-refractivity contribution >= 4 is 23.2 Å². The molecule has 0 aromatic heterocycles. The number of anilines is 2. The van der Waals surface area contributed by atoms with Gasteiger partial charge in [-0.25, -0.2) is 4.79 Å². The molecule has 23 heavy (non-hydrogen) atoms. The first-order chi connectivity index (χ1) is 11.0. The molecule has 6 nitrogen and oxygen atoms in total. The fourth-order valence-electron chi connectivity index (χ4n) is 1.97. The summed E-state index contributed by atoms with van der Waals surface area (Å²) in [6.07, 6.45) is 0. The maximum Gasteiger partial charge on any atom is 0.323 e. The summed E-state index contributed by atoms with van der Waals surface area (Å²) >= 11 is 0. The summed E-state index contributed by atoms with van der Waals surface area (Å²) in [5, 5.41) is 5.39. The summed E-state index contributed by atoms with van der Waals surface area (Å²) in [4.78, 5) is 23.3. The normalized spacial score (nSPS) is 9.87. The van der Waals surface area contributed by atoms with Gasteiger partial charge in [0.05, 0.1) is 19.9 Å². The minimum atomic E-state index is -0.413. The molecule has 2 amide bonds. The van der Waals surface area contributed by atoms with Crippen LogP contribution < -0.4 is 20.1 Å². The van der Waals surface area contributed by atoms with Crippen LogP contribution in [0.15, 0.2) is 42.5 Å². The highest BCUT2D eigenvalue weighted by atomic mass is 16.5. The van der Waals surface area contributed by atoms with Crippen molar-refractivity contribution in [2.24, 2.45) is 0 Å². The van der Waals surface area contributed by atoms with Gasteiger partial charge >= 0.3 is 6.03 Å². The first kappa shape index (κ1) is 16.4. The lowest BCUT2D eigenvalue weighted by atomic mass is 10.1. The molecule has 0 aliphatic carbocycles. The monoisotopic (exact) mass is 314 g/mol. The second-order valence-electron chi connectivity index (χ2n) is 4.78. The third-order valence-corrected chi connectivity index (χ3v) is 3.21. The van der Waals surface area contributed by atoms with E-state index in [1.54, 1.807) is 49.6 Å². The molecule has 0 fully saturated rings. The fraction of sp³-hybridized carbons (Fsp3) is 0.176. The zero-order valence-corrected chi connectivity index (χ0v) is 13.2. The number of urea groups is 1. The van der Waals surface area contributed by atoms with Crippen molar-refractivity contribution in [1.29, 1.82) is 0 Å². The van der Waals surface area contributed by atoms with Gasteiger partial charge in [-0.15, -0.1) is 0 Å². The highest BCUT2D eigenvalue weighted by Gasteiger charge is 2.09. The maximum absolute atomic E-state index is 12.0. The van der Waals surface area contributed by atoms with Crippen LogP contribution in [0.4, 0.5) is 16.2 Å². The summed E-state index contributed by atoms with van der Waals surface area (Å²) in [7, 11) is 3.07. The molecule has 2 aromatic carbocycles. The molecule has 120 valence electrons. The zero-order valence-electron chi connectivity index (χ0n) is 13.2. The molecular weight excluding hydrogens is 296 g/mol. The first-order valence-corrected chi connectivity index (χ1v) is 6.94. The van der Waals surface area contributed by atoms with Crippen molar-refractivity contribution in [1.82, 2.24) is 0 Å². The molecule has 2 N–H and O–H groups in total. The standard InChI is InChI=1S/C17H18N2O4/c1-11(20)12-4-6-13(7-5-12)18-17(21)19-15-9-8-14(22-2)10-16(15)23-3/h4-10H,1-3H3,(H2,18,19,21). The van der Waals surface area contributed by atoms with E-state index in [-0.39, 0.29) is 5.78 Å². The summed E-state index contributed by atoms with van der Waals surface area (Å²) in [6, 6.07) is 11.3. The van der Waals surface area contributed by atoms with E-state index in [2.05, 4.69) is 10.6 Å². The molecule has 0 aliphatic heterocycles. The van der Waals surface area contributed by atoms with E-state index in [1.807, 2.05) is 0 Å². The molecule has 0 saturated carbocycles. The highest BCUT2D eigenvalue weighted by Crippen LogP contribution is 2.29. The second kappa shape index (κ2) is 7.31. The molecule has 0 radical (unpaired) electrons. The fourth-order valence-corrected chi connectivity index (χ4v) is 1.97. The van der Waals surface area contributed by atoms with E-state index in [4.69, 9.17) is 9.47 Å². The number of rotatable bonds is 5. The van der Waals surface area contributed by atoms with Crippen molar-refractivity contribution in [3.63, 3.8) is 0 Å². The topological polar surface area (TPSA) is 76.7 Å². The van der Waals surface area contributed by atoms with Crippen LogP contribution in [-0.4, -0.2) is 26.0 Å². The highest BCUT2D eigenvalue weighted by molar-refractivity contribution is 6.01. The predicted molar refractivity (Wildman–Crippen MR) is 88.6 cm³/mol. The maximum atomic E-state index is 12.0. The van der Waals surface area contributed by atoms with E-state index in [9.17, 15) is 9.59 Å². The number of amides is 2. The van der Waals surface area contributed by atoms with Gasteiger partial charge < -0.3 is 20.1 Å². The molecule has 6 heteroatoms. The predicted octanol–water partition coefficient (Wildman–Crippen LogP) is 3.55. The van der Waals surface area contributed by atoms with Crippen LogP contribution >= 0.6 is 0 Å². The quantitative estimate of drug-likeness (QED) is 0.827. The van der Waals surface area contributed by atoms with E-state index in [0.717, 1.165) is 0 Å². The lowest BCUT2D eigenvalue weighted by Gasteiger charge is -2.12. The molecule has 0 saturated heterocycles. The smallest absolute Gasteiger partial charge is 0.323 e. The van der Waals surface area contributed by atoms with Gasteiger partial charge in [0.1, 0.15) is 11.5 Å². The number of hydrogen-bond acceptors (Lipinski definition) is 4. The van der Waals surface area contributed by atoms with Crippen LogP contribution in [0.25, 0.3) is 0 Å². The van der Waals surface area contributed by atoms with Crippen molar-refractivity contribution in [2.45, 2.75) is 6.92 Å². The molecule has 0 unspecified atom stereocenters. The van der Waals surface area contributed by atoms with Gasteiger partial charge in [0.25, 0.3) is 0 Å². The van der Waals surface area contributed by atoms with Crippen LogP contribution in [0.3, 0.4) is 0 Å². The molecule has 0 aliphatic rings. The van der Waals surface area contributed by atoms with Crippen molar-refractivity contribution in [2.75, 3.05) is 24.9 Å². The minimum Gasteiger partial charge on any atom is -0.497 e. The van der Waals surface area contributed by atoms with E-state index in [1.165, 1.54) is 14.0 Å². The molecule has 2 aromatic rings. The van der Waals surface area contributed by atoms with Gasteiger partial charge in [-0.3, -0.25) is 4.79 Å². The Balaban J connectivity index is 2.06. The Bertz CT molecular complexity index is 711. The number of hydrogen-bond donors (Lipinski definition) is 2. The third-order valence-electron chi connectivity index (χ3n) is 3.21. The summed E-state index contributed by atoms with van der Waals surface area (Å²) in [6.45, 7) is 1.49. The number of carbonyl (C=O) groups excluding carboxylic acids is 2. The van der Waals surface area contributed by atoms with Gasteiger partial charge in [0, 0.05) is 17.3 Å². The lowest BCUT2D eigenvalue weighted by molar-refractivity contribution is 0.101. The Labute approximate surface area is 134 Å². The molecule has 0 bridgehead atoms. The number of Topliss-reactive ketones (excluding diaryl/α,β-unsaturated/α-hetero) is 1. The molecule has 0 heterocycles. The number of methoxy groups -OCH3 is 2. The van der Waals surface area contributed by atoms with Crippen LogP contribution in [-0.2, 0) is 0 Å². The van der Waals surface area contributed by atoms with Gasteiger partial charge in [-0.2, -0.15) is 0 Å². The Kier molecular flexibility index (Phi) is 5.19. The molecule has 0 atom stereocenters. The third kappa shape index (κ3) is 4.23. The number of ketones is 1. The molecular formula is C17H18N2O4. The lowest BCUT2D eigenvalue weighted by Crippen LogP contribution is -2.19. The molecule has 2 rings (SSSR count). The second-order valence-corrected chi connectivity index (χ2v) is 4.78. The van der Waals surface area contributed by atoms with Crippen LogP contribution in [0.1, 0.15) is 17.3 Å². The Morgan fingerprint density at radius 2 is 1.61 bits per heavy atom. The first-order valence-electron chi connectivity index (χ1n) is 6.94. The van der Waals surface area contributed by atoms with Crippen LogP contribution in [0, 0.1) is 0 Å². The number of carbonyl (C=O) groups is 2. The Morgan fingerprint density at radius 1 is 0.913 bits per heavy atom. The van der Waals surface area contributed by atoms with Crippen molar-refractivity contribution in [3.05, 3.63) is 48.0 Å². The van der Waals surface area contributed by atoms with Crippen LogP contribution in [0.2, 0.25) is 0 Å². The minimum absolute atomic E-state index is 0.0241. The number of benzene rings is 2.